The number of hydrogen-bond acceptors (Lipinski definition) is 4. The fourth-order valence-corrected chi connectivity index (χ4v) is 4.60. The third-order valence-corrected chi connectivity index (χ3v) is 7.34. The molecule has 0 bridgehead atoms. The Hall–Kier alpha value is -1.80. The molecule has 0 heterocycles. The number of nitrogens with zero attached hydrogens (tertiary/aromatic N) is 1. The monoisotopic (exact) mass is 472 g/mol. The molecule has 0 saturated carbocycles. The van der Waals surface area contributed by atoms with Crippen molar-refractivity contribution in [2.75, 3.05) is 19.7 Å². The fourth-order valence-electron chi connectivity index (χ4n) is 2.79. The van der Waals surface area contributed by atoms with Crippen molar-refractivity contribution in [3.63, 3.8) is 0 Å². The van der Waals surface area contributed by atoms with Crippen LogP contribution in [0.1, 0.15) is 32.3 Å². The van der Waals surface area contributed by atoms with Crippen molar-refractivity contribution < 1.29 is 17.9 Å². The van der Waals surface area contributed by atoms with Gasteiger partial charge in [-0.05, 0) is 36.2 Å². The van der Waals surface area contributed by atoms with E-state index in [0.29, 0.717) is 54.9 Å². The standard InChI is InChI=1S/C21H26Cl2N2O4S/c1-3-25(4-2)30(27,28)17-12-10-16(11-13-17)15-24-20(26)9-6-14-29-19-8-5-7-18(22)21(19)23/h5,7-8,10-13H,3-4,6,9,14-15H2,1-2H3,(H,24,26). The van der Waals surface area contributed by atoms with Crippen LogP contribution in [0.3, 0.4) is 0 Å². The van der Waals surface area contributed by atoms with Gasteiger partial charge in [0.1, 0.15) is 10.8 Å². The van der Waals surface area contributed by atoms with E-state index < -0.39 is 10.0 Å². The second-order valence-electron chi connectivity index (χ2n) is 6.51. The summed E-state index contributed by atoms with van der Waals surface area (Å²) in [5.41, 5.74) is 0.823. The van der Waals surface area contributed by atoms with E-state index >= 15 is 0 Å². The molecule has 0 aliphatic carbocycles. The number of halogens is 2. The number of sulfonamides is 1. The molecule has 2 rings (SSSR count). The molecule has 1 N–H and O–H groups in total. The molecule has 2 aromatic carbocycles. The van der Waals surface area contributed by atoms with E-state index in [-0.39, 0.29) is 10.8 Å². The highest BCUT2D eigenvalue weighted by atomic mass is 35.5. The molecule has 0 aliphatic rings. The molecule has 6 nitrogen and oxygen atoms in total. The molecule has 0 spiro atoms. The van der Waals surface area contributed by atoms with Crippen LogP contribution in [0.25, 0.3) is 0 Å². The van der Waals surface area contributed by atoms with E-state index in [9.17, 15) is 13.2 Å². The Morgan fingerprint density at radius 1 is 1.07 bits per heavy atom. The van der Waals surface area contributed by atoms with Gasteiger partial charge in [-0.1, -0.05) is 55.2 Å². The maximum Gasteiger partial charge on any atom is 0.243 e. The van der Waals surface area contributed by atoms with Gasteiger partial charge in [-0.2, -0.15) is 4.31 Å². The summed E-state index contributed by atoms with van der Waals surface area (Å²) < 4.78 is 31.9. The van der Waals surface area contributed by atoms with Gasteiger partial charge in [-0.25, -0.2) is 8.42 Å². The van der Waals surface area contributed by atoms with Gasteiger partial charge >= 0.3 is 0 Å². The molecular formula is C21H26Cl2N2O4S. The first-order chi connectivity index (χ1) is 14.3. The molecule has 0 atom stereocenters. The minimum absolute atomic E-state index is 0.115. The summed E-state index contributed by atoms with van der Waals surface area (Å²) in [5.74, 6) is 0.375. The number of benzene rings is 2. The predicted molar refractivity (Wildman–Crippen MR) is 120 cm³/mol. The summed E-state index contributed by atoms with van der Waals surface area (Å²) in [6.45, 7) is 5.11. The fraction of sp³-hybridized carbons (Fsp3) is 0.381. The minimum atomic E-state index is -3.48. The highest BCUT2D eigenvalue weighted by molar-refractivity contribution is 7.89. The number of nitrogens with one attached hydrogen (secondary N) is 1. The molecular weight excluding hydrogens is 447 g/mol. The molecule has 0 aliphatic heterocycles. The molecule has 2 aromatic rings. The third-order valence-electron chi connectivity index (χ3n) is 4.48. The summed E-state index contributed by atoms with van der Waals surface area (Å²) in [4.78, 5) is 12.3. The van der Waals surface area contributed by atoms with E-state index in [1.54, 1.807) is 56.3 Å². The van der Waals surface area contributed by atoms with Crippen LogP contribution >= 0.6 is 23.2 Å². The SMILES string of the molecule is CCN(CC)S(=O)(=O)c1ccc(CNC(=O)CCCOc2cccc(Cl)c2Cl)cc1. The minimum Gasteiger partial charge on any atom is -0.492 e. The van der Waals surface area contributed by atoms with Crippen molar-refractivity contribution in [2.45, 2.75) is 38.1 Å². The first kappa shape index (κ1) is 24.5. The molecule has 9 heteroatoms. The van der Waals surface area contributed by atoms with E-state index in [0.717, 1.165) is 5.56 Å². The first-order valence-electron chi connectivity index (χ1n) is 9.72. The summed E-state index contributed by atoms with van der Waals surface area (Å²) in [5, 5.41) is 3.60. The zero-order valence-electron chi connectivity index (χ0n) is 17.0. The second-order valence-corrected chi connectivity index (χ2v) is 9.24. The van der Waals surface area contributed by atoms with Crippen molar-refractivity contribution in [3.05, 3.63) is 58.1 Å². The smallest absolute Gasteiger partial charge is 0.243 e. The van der Waals surface area contributed by atoms with E-state index in [2.05, 4.69) is 5.32 Å². The Morgan fingerprint density at radius 3 is 2.37 bits per heavy atom. The van der Waals surface area contributed by atoms with Crippen molar-refractivity contribution >= 4 is 39.1 Å². The van der Waals surface area contributed by atoms with Crippen LogP contribution in [0, 0.1) is 0 Å². The quantitative estimate of drug-likeness (QED) is 0.488. The van der Waals surface area contributed by atoms with Crippen LogP contribution in [0.15, 0.2) is 47.4 Å². The molecule has 30 heavy (non-hydrogen) atoms. The molecule has 1 amide bonds. The van der Waals surface area contributed by atoms with E-state index in [1.807, 2.05) is 0 Å². The summed E-state index contributed by atoms with van der Waals surface area (Å²) in [6, 6.07) is 11.7. The molecule has 0 fully saturated rings. The molecule has 0 radical (unpaired) electrons. The Bertz CT molecular complexity index is 946. The number of ether oxygens (including phenoxy) is 1. The van der Waals surface area contributed by atoms with Crippen LogP contribution in [-0.4, -0.2) is 38.3 Å². The van der Waals surface area contributed by atoms with E-state index in [1.165, 1.54) is 4.31 Å². The van der Waals surface area contributed by atoms with Crippen LogP contribution in [0.4, 0.5) is 0 Å². The maximum atomic E-state index is 12.5. The summed E-state index contributed by atoms with van der Waals surface area (Å²) in [7, 11) is -3.48. The van der Waals surface area contributed by atoms with Gasteiger partial charge in [0, 0.05) is 26.1 Å². The Balaban J connectivity index is 1.77. The Labute approximate surface area is 188 Å². The Kier molecular flexibility index (Phi) is 9.42. The number of rotatable bonds is 11. The summed E-state index contributed by atoms with van der Waals surface area (Å²) >= 11 is 12.0. The van der Waals surface area contributed by atoms with E-state index in [4.69, 9.17) is 27.9 Å². The van der Waals surface area contributed by atoms with Crippen molar-refractivity contribution in [1.82, 2.24) is 9.62 Å². The average molecular weight is 473 g/mol. The largest absolute Gasteiger partial charge is 0.492 e. The normalized spacial score (nSPS) is 11.5. The topological polar surface area (TPSA) is 75.7 Å². The van der Waals surface area contributed by atoms with Crippen LogP contribution < -0.4 is 10.1 Å². The average Bonchev–Trinajstić information content (AvgIpc) is 2.73. The van der Waals surface area contributed by atoms with Crippen LogP contribution in [-0.2, 0) is 21.4 Å². The van der Waals surface area contributed by atoms with Crippen molar-refractivity contribution in [2.24, 2.45) is 0 Å². The highest BCUT2D eigenvalue weighted by Gasteiger charge is 2.21. The lowest BCUT2D eigenvalue weighted by atomic mass is 10.2. The summed E-state index contributed by atoms with van der Waals surface area (Å²) in [6.07, 6.45) is 0.822. The van der Waals surface area contributed by atoms with Gasteiger partial charge in [-0.3, -0.25) is 4.79 Å². The molecule has 0 unspecified atom stereocenters. The number of carbonyl (C=O) groups is 1. The predicted octanol–water partition coefficient (Wildman–Crippen LogP) is 4.50. The van der Waals surface area contributed by atoms with Gasteiger partial charge in [0.25, 0.3) is 0 Å². The molecule has 0 aromatic heterocycles. The van der Waals surface area contributed by atoms with Crippen molar-refractivity contribution in [1.29, 1.82) is 0 Å². The van der Waals surface area contributed by atoms with Crippen LogP contribution in [0.5, 0.6) is 5.75 Å². The lowest BCUT2D eigenvalue weighted by Crippen LogP contribution is -2.30. The first-order valence-corrected chi connectivity index (χ1v) is 11.9. The molecule has 164 valence electrons. The second kappa shape index (κ2) is 11.6. The zero-order chi connectivity index (χ0) is 22.1. The number of amides is 1. The van der Waals surface area contributed by atoms with Gasteiger partial charge < -0.3 is 10.1 Å². The van der Waals surface area contributed by atoms with Gasteiger partial charge in [0.2, 0.25) is 15.9 Å². The van der Waals surface area contributed by atoms with Gasteiger partial charge in [0.05, 0.1) is 16.5 Å². The zero-order valence-corrected chi connectivity index (χ0v) is 19.4. The maximum absolute atomic E-state index is 12.5. The molecule has 0 saturated heterocycles. The van der Waals surface area contributed by atoms with Crippen molar-refractivity contribution in [3.8, 4) is 5.75 Å². The third kappa shape index (κ3) is 6.60. The lowest BCUT2D eigenvalue weighted by Gasteiger charge is -2.18. The van der Waals surface area contributed by atoms with Gasteiger partial charge in [-0.15, -0.1) is 0 Å². The van der Waals surface area contributed by atoms with Crippen LogP contribution in [0.2, 0.25) is 10.0 Å². The highest BCUT2D eigenvalue weighted by Crippen LogP contribution is 2.31. The number of carbonyl (C=O) groups excluding carboxylic acids is 1. The Morgan fingerprint density at radius 2 is 1.73 bits per heavy atom. The van der Waals surface area contributed by atoms with Gasteiger partial charge in [0.15, 0.2) is 0 Å². The lowest BCUT2D eigenvalue weighted by molar-refractivity contribution is -0.121. The number of hydrogen-bond donors (Lipinski definition) is 1.